The molecule has 0 bridgehead atoms. The maximum atomic E-state index is 10.1. The van der Waals surface area contributed by atoms with E-state index in [0.717, 1.165) is 18.7 Å². The molecule has 1 atom stereocenters. The smallest absolute Gasteiger partial charge is 0.320 e. The summed E-state index contributed by atoms with van der Waals surface area (Å²) in [7, 11) is 0. The highest BCUT2D eigenvalue weighted by Crippen LogP contribution is 1.96. The van der Waals surface area contributed by atoms with E-state index < -0.39 is 12.0 Å². The summed E-state index contributed by atoms with van der Waals surface area (Å²) in [6.07, 6.45) is 2.49. The van der Waals surface area contributed by atoms with Gasteiger partial charge in [-0.2, -0.15) is 0 Å². The van der Waals surface area contributed by atoms with Crippen LogP contribution in [0.3, 0.4) is 0 Å². The van der Waals surface area contributed by atoms with Crippen molar-refractivity contribution in [2.24, 2.45) is 5.73 Å². The van der Waals surface area contributed by atoms with E-state index in [0.29, 0.717) is 6.42 Å². The molecule has 0 spiro atoms. The Bertz CT molecular complexity index is 109. The van der Waals surface area contributed by atoms with Crippen LogP contribution in [0.15, 0.2) is 0 Å². The van der Waals surface area contributed by atoms with Crippen LogP contribution in [0.2, 0.25) is 0 Å². The van der Waals surface area contributed by atoms with Crippen LogP contribution in [0.5, 0.6) is 0 Å². The fourth-order valence-corrected chi connectivity index (χ4v) is 0.548. The Kier molecular flexibility index (Phi) is 12.7. The summed E-state index contributed by atoms with van der Waals surface area (Å²) < 4.78 is 0. The minimum Gasteiger partial charge on any atom is -0.480 e. The molecule has 12 heavy (non-hydrogen) atoms. The zero-order valence-corrected chi connectivity index (χ0v) is 8.47. The maximum absolute atomic E-state index is 10.1. The van der Waals surface area contributed by atoms with Crippen molar-refractivity contribution in [2.75, 3.05) is 5.88 Å². The van der Waals surface area contributed by atoms with Gasteiger partial charge in [-0.05, 0) is 6.42 Å². The summed E-state index contributed by atoms with van der Waals surface area (Å²) in [5.74, 6) is -0.177. The number of hydrogen-bond acceptors (Lipinski definition) is 2. The standard InChI is InChI=1S/C6H13NO2.C2H5Cl/c1-2-3-4-5(7)6(8)9;1-2-3/h5H,2-4,7H2,1H3,(H,8,9);2H2,1H3. The third-order valence-corrected chi connectivity index (χ3v) is 1.19. The first kappa shape index (κ1) is 14.3. The molecule has 3 N–H and O–H groups in total. The molecule has 0 saturated heterocycles. The summed E-state index contributed by atoms with van der Waals surface area (Å²) in [5, 5.41) is 8.28. The van der Waals surface area contributed by atoms with Gasteiger partial charge in [-0.3, -0.25) is 4.79 Å². The lowest BCUT2D eigenvalue weighted by atomic mass is 10.1. The molecule has 0 rings (SSSR count). The van der Waals surface area contributed by atoms with E-state index >= 15 is 0 Å². The van der Waals surface area contributed by atoms with Crippen molar-refractivity contribution in [3.05, 3.63) is 0 Å². The highest BCUT2D eigenvalue weighted by Gasteiger charge is 2.08. The van der Waals surface area contributed by atoms with Crippen LogP contribution in [0, 0.1) is 0 Å². The lowest BCUT2D eigenvalue weighted by Crippen LogP contribution is -2.29. The number of halogens is 1. The summed E-state index contributed by atoms with van der Waals surface area (Å²) in [6.45, 7) is 3.90. The van der Waals surface area contributed by atoms with Crippen molar-refractivity contribution < 1.29 is 9.90 Å². The van der Waals surface area contributed by atoms with E-state index in [1.807, 2.05) is 13.8 Å². The second kappa shape index (κ2) is 10.7. The molecule has 0 aromatic rings. The van der Waals surface area contributed by atoms with Crippen LogP contribution in [0.1, 0.15) is 33.1 Å². The van der Waals surface area contributed by atoms with Gasteiger partial charge >= 0.3 is 5.97 Å². The topological polar surface area (TPSA) is 63.3 Å². The predicted octanol–water partition coefficient (Wildman–Crippen LogP) is 1.83. The van der Waals surface area contributed by atoms with Gasteiger partial charge in [0.2, 0.25) is 0 Å². The molecule has 0 aromatic carbocycles. The van der Waals surface area contributed by atoms with E-state index in [-0.39, 0.29) is 0 Å². The van der Waals surface area contributed by atoms with Gasteiger partial charge < -0.3 is 10.8 Å². The Hall–Kier alpha value is -0.280. The van der Waals surface area contributed by atoms with Crippen molar-refractivity contribution in [3.8, 4) is 0 Å². The van der Waals surface area contributed by atoms with Crippen LogP contribution < -0.4 is 5.73 Å². The van der Waals surface area contributed by atoms with Crippen LogP contribution >= 0.6 is 11.6 Å². The Balaban J connectivity index is 0. The molecule has 3 nitrogen and oxygen atoms in total. The average Bonchev–Trinajstić information content (AvgIpc) is 2.01. The van der Waals surface area contributed by atoms with Gasteiger partial charge in [0.15, 0.2) is 0 Å². The molecular weight excluding hydrogens is 178 g/mol. The number of alkyl halides is 1. The van der Waals surface area contributed by atoms with Gasteiger partial charge in [-0.1, -0.05) is 26.7 Å². The van der Waals surface area contributed by atoms with E-state index in [1.54, 1.807) is 0 Å². The summed E-state index contributed by atoms with van der Waals surface area (Å²) >= 11 is 5.00. The predicted molar refractivity (Wildman–Crippen MR) is 51.5 cm³/mol. The lowest BCUT2D eigenvalue weighted by Gasteiger charge is -2.02. The minimum absolute atomic E-state index is 0.589. The van der Waals surface area contributed by atoms with Gasteiger partial charge in [-0.15, -0.1) is 11.6 Å². The maximum Gasteiger partial charge on any atom is 0.320 e. The molecular formula is C8H18ClNO2. The van der Waals surface area contributed by atoms with Crippen molar-refractivity contribution in [1.82, 2.24) is 0 Å². The van der Waals surface area contributed by atoms with Gasteiger partial charge in [0, 0.05) is 5.88 Å². The van der Waals surface area contributed by atoms with Gasteiger partial charge in [0.1, 0.15) is 6.04 Å². The second-order valence-corrected chi connectivity index (χ2v) is 2.89. The number of hydrogen-bond donors (Lipinski definition) is 2. The quantitative estimate of drug-likeness (QED) is 0.673. The number of carboxylic acid groups (broad SMARTS) is 1. The van der Waals surface area contributed by atoms with Gasteiger partial charge in [0.25, 0.3) is 0 Å². The van der Waals surface area contributed by atoms with Crippen LogP contribution in [0.25, 0.3) is 0 Å². The number of nitrogens with two attached hydrogens (primary N) is 1. The third kappa shape index (κ3) is 12.4. The first-order valence-electron chi connectivity index (χ1n) is 4.14. The molecule has 74 valence electrons. The molecule has 0 radical (unpaired) electrons. The average molecular weight is 196 g/mol. The van der Waals surface area contributed by atoms with E-state index in [9.17, 15) is 4.79 Å². The zero-order valence-electron chi connectivity index (χ0n) is 7.72. The second-order valence-electron chi connectivity index (χ2n) is 2.35. The molecule has 1 unspecified atom stereocenters. The van der Waals surface area contributed by atoms with Crippen molar-refractivity contribution in [1.29, 1.82) is 0 Å². The highest BCUT2D eigenvalue weighted by atomic mass is 35.5. The molecule has 0 amide bonds. The Morgan fingerprint density at radius 3 is 2.25 bits per heavy atom. The normalized spacial score (nSPS) is 11.3. The van der Waals surface area contributed by atoms with Crippen molar-refractivity contribution in [3.63, 3.8) is 0 Å². The lowest BCUT2D eigenvalue weighted by molar-refractivity contribution is -0.138. The largest absolute Gasteiger partial charge is 0.480 e. The number of carbonyl (C=O) groups is 1. The molecule has 4 heteroatoms. The molecule has 0 fully saturated rings. The zero-order chi connectivity index (χ0) is 9.98. The fraction of sp³-hybridized carbons (Fsp3) is 0.875. The number of carboxylic acids is 1. The molecule has 0 aliphatic carbocycles. The molecule has 0 aliphatic rings. The number of unbranched alkanes of at least 4 members (excludes halogenated alkanes) is 1. The monoisotopic (exact) mass is 195 g/mol. The summed E-state index contributed by atoms with van der Waals surface area (Å²) in [4.78, 5) is 10.1. The van der Waals surface area contributed by atoms with E-state index in [1.165, 1.54) is 0 Å². The van der Waals surface area contributed by atoms with Crippen molar-refractivity contribution >= 4 is 17.6 Å². The van der Waals surface area contributed by atoms with Crippen molar-refractivity contribution in [2.45, 2.75) is 39.2 Å². The van der Waals surface area contributed by atoms with Crippen LogP contribution in [-0.2, 0) is 4.79 Å². The third-order valence-electron chi connectivity index (χ3n) is 1.19. The molecule has 0 aromatic heterocycles. The molecule has 0 saturated carbocycles. The summed E-state index contributed by atoms with van der Waals surface area (Å²) in [6, 6.07) is -0.662. The Morgan fingerprint density at radius 2 is 2.00 bits per heavy atom. The first-order chi connectivity index (χ1) is 5.59. The van der Waals surface area contributed by atoms with Gasteiger partial charge in [0.05, 0.1) is 0 Å². The minimum atomic E-state index is -0.900. The van der Waals surface area contributed by atoms with E-state index in [4.69, 9.17) is 22.4 Å². The Labute approximate surface area is 78.9 Å². The SMILES string of the molecule is CCCCC(N)C(=O)O.CCCl. The van der Waals surface area contributed by atoms with Gasteiger partial charge in [-0.25, -0.2) is 0 Å². The summed E-state index contributed by atoms with van der Waals surface area (Å²) in [5.41, 5.74) is 5.20. The first-order valence-corrected chi connectivity index (χ1v) is 4.67. The molecule has 0 aliphatic heterocycles. The highest BCUT2D eigenvalue weighted by molar-refractivity contribution is 6.17. The van der Waals surface area contributed by atoms with Crippen LogP contribution in [0.4, 0.5) is 0 Å². The van der Waals surface area contributed by atoms with E-state index in [2.05, 4.69) is 0 Å². The fourth-order valence-electron chi connectivity index (χ4n) is 0.548. The number of aliphatic carboxylic acids is 1. The number of rotatable bonds is 4. The molecule has 0 heterocycles. The Morgan fingerprint density at radius 1 is 1.58 bits per heavy atom. The van der Waals surface area contributed by atoms with Crippen LogP contribution in [-0.4, -0.2) is 23.0 Å².